The third kappa shape index (κ3) is 3.28. The van der Waals surface area contributed by atoms with Gasteiger partial charge in [0.25, 0.3) is 0 Å². The predicted molar refractivity (Wildman–Crippen MR) is 82.0 cm³/mol. The van der Waals surface area contributed by atoms with Crippen LogP contribution in [0.3, 0.4) is 0 Å². The van der Waals surface area contributed by atoms with Crippen molar-refractivity contribution in [1.82, 2.24) is 9.80 Å². The van der Waals surface area contributed by atoms with Gasteiger partial charge in [-0.3, -0.25) is 19.4 Å². The molecule has 0 aromatic heterocycles. The van der Waals surface area contributed by atoms with Gasteiger partial charge in [-0.25, -0.2) is 4.79 Å². The van der Waals surface area contributed by atoms with Gasteiger partial charge in [-0.2, -0.15) is 0 Å². The maximum absolute atomic E-state index is 12.4. The summed E-state index contributed by atoms with van der Waals surface area (Å²) in [7, 11) is 3.01. The molecule has 7 nitrogen and oxygen atoms in total. The van der Waals surface area contributed by atoms with E-state index in [0.29, 0.717) is 17.1 Å². The van der Waals surface area contributed by atoms with E-state index in [-0.39, 0.29) is 19.0 Å². The first-order valence-electron chi connectivity index (χ1n) is 7.27. The molecule has 0 atom stereocenters. The topological polar surface area (TPSA) is 76.2 Å². The number of amides is 4. The standard InChI is InChI=1S/C16H20N2O5/c1-10(2)8-17-14(19)15(20)18(16(17)21)9-11-7-12(22-3)5-6-13(11)23-4/h5-7,10H,8-9H2,1-4H3. The van der Waals surface area contributed by atoms with Gasteiger partial charge in [-0.1, -0.05) is 13.8 Å². The summed E-state index contributed by atoms with van der Waals surface area (Å²) in [5, 5.41) is 0. The predicted octanol–water partition coefficient (Wildman–Crippen LogP) is 1.65. The SMILES string of the molecule is COc1ccc(OC)c(CN2C(=O)C(=O)N(CC(C)C)C2=O)c1. The van der Waals surface area contributed by atoms with E-state index in [1.807, 2.05) is 13.8 Å². The lowest BCUT2D eigenvalue weighted by Crippen LogP contribution is -2.35. The van der Waals surface area contributed by atoms with Crippen molar-refractivity contribution in [2.24, 2.45) is 5.92 Å². The summed E-state index contributed by atoms with van der Waals surface area (Å²) < 4.78 is 10.4. The fourth-order valence-corrected chi connectivity index (χ4v) is 2.39. The van der Waals surface area contributed by atoms with Crippen LogP contribution in [-0.4, -0.2) is 48.4 Å². The molecule has 23 heavy (non-hydrogen) atoms. The minimum Gasteiger partial charge on any atom is -0.497 e. The van der Waals surface area contributed by atoms with Crippen LogP contribution in [0.15, 0.2) is 18.2 Å². The highest BCUT2D eigenvalue weighted by Gasteiger charge is 2.44. The summed E-state index contributed by atoms with van der Waals surface area (Å²) in [4.78, 5) is 38.4. The third-order valence-corrected chi connectivity index (χ3v) is 3.50. The minimum atomic E-state index is -0.819. The summed E-state index contributed by atoms with van der Waals surface area (Å²) in [5.74, 6) is -0.431. The first-order valence-corrected chi connectivity index (χ1v) is 7.27. The van der Waals surface area contributed by atoms with Crippen molar-refractivity contribution < 1.29 is 23.9 Å². The third-order valence-electron chi connectivity index (χ3n) is 3.50. The Morgan fingerprint density at radius 1 is 1.00 bits per heavy atom. The Labute approximate surface area is 134 Å². The first-order chi connectivity index (χ1) is 10.9. The number of rotatable bonds is 6. The first kappa shape index (κ1) is 16.8. The highest BCUT2D eigenvalue weighted by molar-refractivity contribution is 6.44. The fraction of sp³-hybridized carbons (Fsp3) is 0.438. The van der Waals surface area contributed by atoms with E-state index < -0.39 is 17.8 Å². The van der Waals surface area contributed by atoms with Crippen molar-refractivity contribution >= 4 is 17.8 Å². The zero-order chi connectivity index (χ0) is 17.1. The summed E-state index contributed by atoms with van der Waals surface area (Å²) in [6, 6.07) is 4.48. The Hall–Kier alpha value is -2.57. The van der Waals surface area contributed by atoms with Gasteiger partial charge in [0.2, 0.25) is 0 Å². The van der Waals surface area contributed by atoms with E-state index in [1.165, 1.54) is 14.2 Å². The van der Waals surface area contributed by atoms with Crippen LogP contribution in [-0.2, 0) is 16.1 Å². The van der Waals surface area contributed by atoms with Gasteiger partial charge in [0.1, 0.15) is 11.5 Å². The maximum Gasteiger partial charge on any atom is 0.334 e. The van der Waals surface area contributed by atoms with Gasteiger partial charge < -0.3 is 9.47 Å². The van der Waals surface area contributed by atoms with Crippen molar-refractivity contribution in [3.63, 3.8) is 0 Å². The average Bonchev–Trinajstić information content (AvgIpc) is 2.72. The zero-order valence-corrected chi connectivity index (χ0v) is 13.7. The molecule has 0 unspecified atom stereocenters. The molecule has 0 radical (unpaired) electrons. The van der Waals surface area contributed by atoms with Gasteiger partial charge in [-0.15, -0.1) is 0 Å². The molecule has 1 fully saturated rings. The maximum atomic E-state index is 12.4. The molecule has 1 aliphatic heterocycles. The van der Waals surface area contributed by atoms with Crippen molar-refractivity contribution in [2.75, 3.05) is 20.8 Å². The Kier molecular flexibility index (Phi) is 4.88. The number of benzene rings is 1. The van der Waals surface area contributed by atoms with Gasteiger partial charge in [-0.05, 0) is 24.1 Å². The Bertz CT molecular complexity index is 641. The van der Waals surface area contributed by atoms with Crippen LogP contribution in [0.5, 0.6) is 11.5 Å². The number of imide groups is 2. The Morgan fingerprint density at radius 2 is 1.65 bits per heavy atom. The Morgan fingerprint density at radius 3 is 2.22 bits per heavy atom. The smallest absolute Gasteiger partial charge is 0.334 e. The second kappa shape index (κ2) is 6.68. The average molecular weight is 320 g/mol. The molecule has 124 valence electrons. The summed E-state index contributed by atoms with van der Waals surface area (Å²) in [6.45, 7) is 3.92. The van der Waals surface area contributed by atoms with Gasteiger partial charge >= 0.3 is 17.8 Å². The van der Waals surface area contributed by atoms with E-state index in [4.69, 9.17) is 9.47 Å². The van der Waals surface area contributed by atoms with Crippen LogP contribution < -0.4 is 9.47 Å². The van der Waals surface area contributed by atoms with Crippen LogP contribution in [0.25, 0.3) is 0 Å². The second-order valence-corrected chi connectivity index (χ2v) is 5.66. The molecular weight excluding hydrogens is 300 g/mol. The number of urea groups is 1. The van der Waals surface area contributed by atoms with Gasteiger partial charge in [0, 0.05) is 12.1 Å². The molecule has 2 rings (SSSR count). The zero-order valence-electron chi connectivity index (χ0n) is 13.7. The number of ether oxygens (including phenoxy) is 2. The largest absolute Gasteiger partial charge is 0.497 e. The number of methoxy groups -OCH3 is 2. The Balaban J connectivity index is 2.28. The number of carbonyl (C=O) groups excluding carboxylic acids is 3. The van der Waals surface area contributed by atoms with Gasteiger partial charge in [0.15, 0.2) is 0 Å². The molecule has 4 amide bonds. The highest BCUT2D eigenvalue weighted by atomic mass is 16.5. The number of nitrogens with zero attached hydrogens (tertiary/aromatic N) is 2. The second-order valence-electron chi connectivity index (χ2n) is 5.66. The molecule has 0 aliphatic carbocycles. The van der Waals surface area contributed by atoms with Crippen LogP contribution >= 0.6 is 0 Å². The number of hydrogen-bond donors (Lipinski definition) is 0. The minimum absolute atomic E-state index is 0.0433. The van der Waals surface area contributed by atoms with E-state index in [1.54, 1.807) is 18.2 Å². The normalized spacial score (nSPS) is 14.9. The van der Waals surface area contributed by atoms with Crippen molar-refractivity contribution in [2.45, 2.75) is 20.4 Å². The lowest BCUT2D eigenvalue weighted by molar-refractivity contribution is -0.143. The number of hydrogen-bond acceptors (Lipinski definition) is 5. The lowest BCUT2D eigenvalue weighted by atomic mass is 10.1. The van der Waals surface area contributed by atoms with Gasteiger partial charge in [0.05, 0.1) is 20.8 Å². The van der Waals surface area contributed by atoms with Crippen molar-refractivity contribution in [3.8, 4) is 11.5 Å². The van der Waals surface area contributed by atoms with Crippen LogP contribution in [0.1, 0.15) is 19.4 Å². The van der Waals surface area contributed by atoms with E-state index >= 15 is 0 Å². The quantitative estimate of drug-likeness (QED) is 0.588. The molecule has 0 spiro atoms. The lowest BCUT2D eigenvalue weighted by Gasteiger charge is -2.18. The molecule has 1 heterocycles. The number of carbonyl (C=O) groups is 3. The van der Waals surface area contributed by atoms with Crippen LogP contribution in [0, 0.1) is 5.92 Å². The molecule has 1 aliphatic rings. The molecule has 1 saturated heterocycles. The fourth-order valence-electron chi connectivity index (χ4n) is 2.39. The molecule has 0 N–H and O–H groups in total. The molecular formula is C16H20N2O5. The highest BCUT2D eigenvalue weighted by Crippen LogP contribution is 2.27. The molecule has 0 bridgehead atoms. The molecule has 1 aromatic rings. The summed E-state index contributed by atoms with van der Waals surface area (Å²) in [6.07, 6.45) is 0. The monoisotopic (exact) mass is 320 g/mol. The summed E-state index contributed by atoms with van der Waals surface area (Å²) in [5.41, 5.74) is 0.591. The van der Waals surface area contributed by atoms with E-state index in [0.717, 1.165) is 9.80 Å². The van der Waals surface area contributed by atoms with Crippen LogP contribution in [0.2, 0.25) is 0 Å². The van der Waals surface area contributed by atoms with Crippen LogP contribution in [0.4, 0.5) is 4.79 Å². The van der Waals surface area contributed by atoms with E-state index in [2.05, 4.69) is 0 Å². The van der Waals surface area contributed by atoms with E-state index in [9.17, 15) is 14.4 Å². The molecule has 0 saturated carbocycles. The van der Waals surface area contributed by atoms with Crippen molar-refractivity contribution in [3.05, 3.63) is 23.8 Å². The summed E-state index contributed by atoms with van der Waals surface area (Å²) >= 11 is 0. The van der Waals surface area contributed by atoms with Crippen molar-refractivity contribution in [1.29, 1.82) is 0 Å². The molecule has 7 heteroatoms. The molecule has 1 aromatic carbocycles.